The summed E-state index contributed by atoms with van der Waals surface area (Å²) in [6.07, 6.45) is -1.19. The second-order valence-electron chi connectivity index (χ2n) is 6.16. The standard InChI is InChI=1S/C20H13F3N4OS/c21-20(22,23)12-2-1-3-13(10-12)26-18(28)17-16(24)14-4-5-15(27-19(14)29-17)11-6-8-25-9-7-11/h1-10H,24H2,(H,26,28). The average molecular weight is 414 g/mol. The number of aromatic nitrogens is 2. The molecule has 0 atom stereocenters. The number of nitrogen functional groups attached to an aromatic ring is 1. The molecule has 29 heavy (non-hydrogen) atoms. The lowest BCUT2D eigenvalue weighted by molar-refractivity contribution is -0.137. The number of nitrogens with zero attached hydrogens (tertiary/aromatic N) is 2. The molecule has 1 amide bonds. The highest BCUT2D eigenvalue weighted by Crippen LogP contribution is 2.35. The fraction of sp³-hybridized carbons (Fsp3) is 0.0500. The summed E-state index contributed by atoms with van der Waals surface area (Å²) in [4.78, 5) is 21.9. The zero-order chi connectivity index (χ0) is 20.6. The van der Waals surface area contributed by atoms with E-state index in [1.165, 1.54) is 12.1 Å². The van der Waals surface area contributed by atoms with Gasteiger partial charge in [-0.05, 0) is 42.5 Å². The van der Waals surface area contributed by atoms with E-state index in [0.29, 0.717) is 15.9 Å². The van der Waals surface area contributed by atoms with Crippen molar-refractivity contribution in [3.8, 4) is 11.3 Å². The van der Waals surface area contributed by atoms with Gasteiger partial charge < -0.3 is 11.1 Å². The summed E-state index contributed by atoms with van der Waals surface area (Å²) in [5, 5.41) is 3.09. The molecule has 0 saturated carbocycles. The van der Waals surface area contributed by atoms with Crippen molar-refractivity contribution in [2.75, 3.05) is 11.1 Å². The molecule has 0 saturated heterocycles. The first kappa shape index (κ1) is 18.9. The topological polar surface area (TPSA) is 80.9 Å². The van der Waals surface area contributed by atoms with Crippen molar-refractivity contribution in [1.29, 1.82) is 0 Å². The van der Waals surface area contributed by atoms with Crippen molar-refractivity contribution in [2.45, 2.75) is 6.18 Å². The largest absolute Gasteiger partial charge is 0.416 e. The number of nitrogens with one attached hydrogen (secondary N) is 1. The Hall–Kier alpha value is -3.46. The first-order valence-electron chi connectivity index (χ1n) is 8.41. The first-order valence-corrected chi connectivity index (χ1v) is 9.22. The van der Waals surface area contributed by atoms with Crippen LogP contribution in [0, 0.1) is 0 Å². The molecule has 0 spiro atoms. The summed E-state index contributed by atoms with van der Waals surface area (Å²) in [6, 6.07) is 11.6. The lowest BCUT2D eigenvalue weighted by Crippen LogP contribution is -2.13. The number of thiophene rings is 1. The van der Waals surface area contributed by atoms with Crippen LogP contribution in [0.1, 0.15) is 15.2 Å². The van der Waals surface area contributed by atoms with Gasteiger partial charge >= 0.3 is 6.18 Å². The Labute approximate surface area is 167 Å². The van der Waals surface area contributed by atoms with E-state index in [1.54, 1.807) is 24.5 Å². The minimum atomic E-state index is -4.50. The van der Waals surface area contributed by atoms with Crippen molar-refractivity contribution >= 4 is 38.8 Å². The monoisotopic (exact) mass is 414 g/mol. The Morgan fingerprint density at radius 3 is 2.55 bits per heavy atom. The van der Waals surface area contributed by atoms with Gasteiger partial charge in [0.25, 0.3) is 5.91 Å². The number of hydrogen-bond acceptors (Lipinski definition) is 5. The molecular formula is C20H13F3N4OS. The average Bonchev–Trinajstić information content (AvgIpc) is 3.04. The molecule has 4 aromatic rings. The van der Waals surface area contributed by atoms with E-state index in [4.69, 9.17) is 5.73 Å². The van der Waals surface area contributed by atoms with Gasteiger partial charge in [-0.2, -0.15) is 13.2 Å². The molecule has 0 aliphatic heterocycles. The van der Waals surface area contributed by atoms with E-state index in [2.05, 4.69) is 15.3 Å². The molecule has 3 N–H and O–H groups in total. The minimum absolute atomic E-state index is 0.0344. The number of anilines is 2. The molecule has 5 nitrogen and oxygen atoms in total. The molecule has 3 aromatic heterocycles. The third kappa shape index (κ3) is 3.77. The van der Waals surface area contributed by atoms with Crippen LogP contribution in [-0.2, 0) is 6.18 Å². The van der Waals surface area contributed by atoms with Crippen molar-refractivity contribution in [3.63, 3.8) is 0 Å². The highest BCUT2D eigenvalue weighted by atomic mass is 32.1. The van der Waals surface area contributed by atoms with Crippen LogP contribution in [-0.4, -0.2) is 15.9 Å². The fourth-order valence-electron chi connectivity index (χ4n) is 2.81. The van der Waals surface area contributed by atoms with Crippen LogP contribution in [0.5, 0.6) is 0 Å². The lowest BCUT2D eigenvalue weighted by Gasteiger charge is -2.09. The zero-order valence-electron chi connectivity index (χ0n) is 14.7. The highest BCUT2D eigenvalue weighted by Gasteiger charge is 2.30. The number of rotatable bonds is 3. The van der Waals surface area contributed by atoms with Gasteiger partial charge in [0.15, 0.2) is 0 Å². The summed E-state index contributed by atoms with van der Waals surface area (Å²) in [7, 11) is 0. The number of pyridine rings is 2. The van der Waals surface area contributed by atoms with Crippen LogP contribution in [0.25, 0.3) is 21.5 Å². The van der Waals surface area contributed by atoms with E-state index < -0.39 is 17.6 Å². The maximum atomic E-state index is 12.9. The van der Waals surface area contributed by atoms with Gasteiger partial charge in [-0.3, -0.25) is 9.78 Å². The molecule has 0 bridgehead atoms. The SMILES string of the molecule is Nc1c(C(=O)Nc2cccc(C(F)(F)F)c2)sc2nc(-c3ccncc3)ccc12. The van der Waals surface area contributed by atoms with Crippen LogP contribution >= 0.6 is 11.3 Å². The third-order valence-electron chi connectivity index (χ3n) is 4.22. The highest BCUT2D eigenvalue weighted by molar-refractivity contribution is 7.21. The molecule has 0 unspecified atom stereocenters. The van der Waals surface area contributed by atoms with Crippen LogP contribution < -0.4 is 11.1 Å². The van der Waals surface area contributed by atoms with Gasteiger partial charge in [0.05, 0.1) is 16.9 Å². The number of benzene rings is 1. The van der Waals surface area contributed by atoms with Crippen molar-refractivity contribution in [1.82, 2.24) is 9.97 Å². The normalized spacial score (nSPS) is 11.6. The fourth-order valence-corrected chi connectivity index (χ4v) is 3.80. The molecule has 1 aromatic carbocycles. The van der Waals surface area contributed by atoms with Gasteiger partial charge in [-0.25, -0.2) is 4.98 Å². The number of alkyl halides is 3. The number of carbonyl (C=O) groups is 1. The number of hydrogen-bond donors (Lipinski definition) is 2. The van der Waals surface area contributed by atoms with E-state index in [9.17, 15) is 18.0 Å². The van der Waals surface area contributed by atoms with Crippen LogP contribution in [0.4, 0.5) is 24.5 Å². The second kappa shape index (κ2) is 7.17. The van der Waals surface area contributed by atoms with Crippen molar-refractivity contribution in [3.05, 3.63) is 71.4 Å². The summed E-state index contributed by atoms with van der Waals surface area (Å²) >= 11 is 1.08. The summed E-state index contributed by atoms with van der Waals surface area (Å²) < 4.78 is 38.6. The Bertz CT molecular complexity index is 1210. The molecule has 0 fully saturated rings. The molecule has 3 heterocycles. The van der Waals surface area contributed by atoms with Gasteiger partial charge in [0, 0.05) is 29.0 Å². The smallest absolute Gasteiger partial charge is 0.397 e. The van der Waals surface area contributed by atoms with Gasteiger partial charge in [0.2, 0.25) is 0 Å². The maximum absolute atomic E-state index is 12.9. The molecule has 146 valence electrons. The first-order chi connectivity index (χ1) is 13.8. The van der Waals surface area contributed by atoms with Crippen LogP contribution in [0.15, 0.2) is 60.9 Å². The number of fused-ring (bicyclic) bond motifs is 1. The summed E-state index contributed by atoms with van der Waals surface area (Å²) in [6.45, 7) is 0. The van der Waals surface area contributed by atoms with Gasteiger partial charge in [-0.1, -0.05) is 6.07 Å². The van der Waals surface area contributed by atoms with Crippen LogP contribution in [0.2, 0.25) is 0 Å². The van der Waals surface area contributed by atoms with Crippen molar-refractivity contribution < 1.29 is 18.0 Å². The lowest BCUT2D eigenvalue weighted by atomic mass is 10.1. The number of amides is 1. The quantitative estimate of drug-likeness (QED) is 0.482. The van der Waals surface area contributed by atoms with Gasteiger partial charge in [0.1, 0.15) is 9.71 Å². The zero-order valence-corrected chi connectivity index (χ0v) is 15.5. The van der Waals surface area contributed by atoms with E-state index in [-0.39, 0.29) is 16.3 Å². The van der Waals surface area contributed by atoms with Gasteiger partial charge in [-0.15, -0.1) is 11.3 Å². The second-order valence-corrected chi connectivity index (χ2v) is 7.16. The number of nitrogens with two attached hydrogens (primary N) is 1. The Kier molecular flexibility index (Phi) is 4.67. The van der Waals surface area contributed by atoms with E-state index >= 15 is 0 Å². The van der Waals surface area contributed by atoms with Crippen LogP contribution in [0.3, 0.4) is 0 Å². The predicted octanol–water partition coefficient (Wildman–Crippen LogP) is 5.21. The maximum Gasteiger partial charge on any atom is 0.416 e. The third-order valence-corrected chi connectivity index (χ3v) is 5.34. The Morgan fingerprint density at radius 2 is 1.83 bits per heavy atom. The molecule has 0 aliphatic carbocycles. The molecule has 0 aliphatic rings. The summed E-state index contributed by atoms with van der Waals surface area (Å²) in [5.74, 6) is -0.588. The van der Waals surface area contributed by atoms with E-state index in [1.807, 2.05) is 12.1 Å². The Balaban J connectivity index is 1.65. The minimum Gasteiger partial charge on any atom is -0.397 e. The molecule has 0 radical (unpaired) electrons. The molecular weight excluding hydrogens is 401 g/mol. The Morgan fingerprint density at radius 1 is 1.07 bits per heavy atom. The molecule has 9 heteroatoms. The van der Waals surface area contributed by atoms with Crippen molar-refractivity contribution in [2.24, 2.45) is 0 Å². The van der Waals surface area contributed by atoms with E-state index in [0.717, 1.165) is 29.0 Å². The molecule has 4 rings (SSSR count). The number of carbonyl (C=O) groups excluding carboxylic acids is 1. The summed E-state index contributed by atoms with van der Waals surface area (Å²) in [5.41, 5.74) is 7.09. The predicted molar refractivity (Wildman–Crippen MR) is 107 cm³/mol. The number of halogens is 3.